The zero-order valence-electron chi connectivity index (χ0n) is 14.5. The zero-order valence-corrected chi connectivity index (χ0v) is 15.3. The number of nitrogens with zero attached hydrogens (tertiary/aromatic N) is 1. The molecule has 1 aromatic carbocycles. The molecule has 0 unspecified atom stereocenters. The van der Waals surface area contributed by atoms with E-state index >= 15 is 0 Å². The molecule has 0 aromatic heterocycles. The lowest BCUT2D eigenvalue weighted by Crippen LogP contribution is -2.39. The van der Waals surface area contributed by atoms with Crippen molar-refractivity contribution in [3.8, 4) is 0 Å². The summed E-state index contributed by atoms with van der Waals surface area (Å²) in [6.07, 6.45) is 3.16. The number of carbonyl (C=O) groups excluding carboxylic acids is 1. The van der Waals surface area contributed by atoms with E-state index in [1.165, 1.54) is 22.3 Å². The summed E-state index contributed by atoms with van der Waals surface area (Å²) in [5.74, 6) is 0.830. The maximum Gasteiger partial charge on any atom is 0.226 e. The minimum Gasteiger partial charge on any atom is -0.338 e. The van der Waals surface area contributed by atoms with Crippen molar-refractivity contribution in [1.82, 2.24) is 4.90 Å². The molecule has 1 saturated carbocycles. The van der Waals surface area contributed by atoms with Crippen molar-refractivity contribution in [2.75, 3.05) is 18.1 Å². The van der Waals surface area contributed by atoms with Crippen LogP contribution in [0.25, 0.3) is 0 Å². The van der Waals surface area contributed by atoms with Gasteiger partial charge in [-0.15, -0.1) is 0 Å². The van der Waals surface area contributed by atoms with Gasteiger partial charge in [-0.05, 0) is 61.6 Å². The van der Waals surface area contributed by atoms with Gasteiger partial charge in [0, 0.05) is 19.0 Å². The summed E-state index contributed by atoms with van der Waals surface area (Å²) in [7, 11) is -2.86. The summed E-state index contributed by atoms with van der Waals surface area (Å²) in [6.45, 7) is 5.76. The van der Waals surface area contributed by atoms with Gasteiger partial charge in [0.1, 0.15) is 9.84 Å². The second-order valence-corrected chi connectivity index (χ2v) is 10.3. The molecule has 0 N–H and O–H groups in total. The quantitative estimate of drug-likeness (QED) is 0.784. The fraction of sp³-hybridized carbons (Fsp3) is 0.632. The summed E-state index contributed by atoms with van der Waals surface area (Å²) in [6, 6.07) is 4.44. The summed E-state index contributed by atoms with van der Waals surface area (Å²) in [5.41, 5.74) is 5.24. The van der Waals surface area contributed by atoms with Crippen LogP contribution in [0, 0.1) is 25.2 Å². The maximum absolute atomic E-state index is 13.0. The monoisotopic (exact) mass is 347 g/mol. The lowest BCUT2D eigenvalue weighted by Gasteiger charge is -2.32. The van der Waals surface area contributed by atoms with E-state index in [9.17, 15) is 13.2 Å². The fourth-order valence-electron chi connectivity index (χ4n) is 4.66. The molecule has 0 bridgehead atoms. The molecule has 2 aliphatic heterocycles. The van der Waals surface area contributed by atoms with Gasteiger partial charge in [0.15, 0.2) is 0 Å². The highest BCUT2D eigenvalue weighted by Crippen LogP contribution is 2.60. The number of sulfone groups is 1. The minimum absolute atomic E-state index is 0.00893. The van der Waals surface area contributed by atoms with Gasteiger partial charge in [0.2, 0.25) is 5.91 Å². The molecule has 3 aliphatic rings. The molecule has 1 aliphatic carbocycles. The van der Waals surface area contributed by atoms with Crippen molar-refractivity contribution >= 4 is 15.7 Å². The van der Waals surface area contributed by atoms with Crippen molar-refractivity contribution in [2.24, 2.45) is 11.3 Å². The molecule has 1 spiro atoms. The molecule has 5 heteroatoms. The Kier molecular flexibility index (Phi) is 3.57. The van der Waals surface area contributed by atoms with Crippen molar-refractivity contribution in [3.63, 3.8) is 0 Å². The third-order valence-corrected chi connectivity index (χ3v) is 7.98. The highest BCUT2D eigenvalue weighted by molar-refractivity contribution is 7.91. The third kappa shape index (κ3) is 2.67. The summed E-state index contributed by atoms with van der Waals surface area (Å²) in [5, 5.41) is 0. The van der Waals surface area contributed by atoms with E-state index < -0.39 is 9.84 Å². The Labute approximate surface area is 144 Å². The number of benzene rings is 1. The molecule has 4 rings (SSSR count). The topological polar surface area (TPSA) is 54.5 Å². The Morgan fingerprint density at radius 1 is 1.21 bits per heavy atom. The van der Waals surface area contributed by atoms with E-state index in [1.54, 1.807) is 0 Å². The second kappa shape index (κ2) is 5.32. The van der Waals surface area contributed by atoms with E-state index in [4.69, 9.17) is 0 Å². The van der Waals surface area contributed by atoms with Crippen LogP contribution in [-0.2, 0) is 27.6 Å². The van der Waals surface area contributed by atoms with Gasteiger partial charge in [0.25, 0.3) is 0 Å². The Bertz CT molecular complexity index is 798. The number of hydrogen-bond acceptors (Lipinski definition) is 3. The number of carbonyl (C=O) groups is 1. The van der Waals surface area contributed by atoms with E-state index in [1.807, 2.05) is 4.90 Å². The van der Waals surface area contributed by atoms with E-state index in [0.29, 0.717) is 19.4 Å². The van der Waals surface area contributed by atoms with Crippen LogP contribution in [0.15, 0.2) is 12.1 Å². The summed E-state index contributed by atoms with van der Waals surface area (Å²) in [4.78, 5) is 15.0. The van der Waals surface area contributed by atoms with Crippen molar-refractivity contribution in [1.29, 1.82) is 0 Å². The first-order valence-corrected chi connectivity index (χ1v) is 10.7. The highest BCUT2D eigenvalue weighted by atomic mass is 32.2. The van der Waals surface area contributed by atoms with Gasteiger partial charge in [-0.2, -0.15) is 0 Å². The first kappa shape index (κ1) is 16.1. The number of aryl methyl sites for hydroxylation is 2. The minimum atomic E-state index is -2.86. The van der Waals surface area contributed by atoms with Crippen LogP contribution < -0.4 is 0 Å². The van der Waals surface area contributed by atoms with Crippen LogP contribution in [0.4, 0.5) is 0 Å². The average Bonchev–Trinajstić information content (AvgIpc) is 3.24. The molecule has 0 radical (unpaired) electrons. The van der Waals surface area contributed by atoms with Crippen molar-refractivity contribution < 1.29 is 13.2 Å². The first-order valence-electron chi connectivity index (χ1n) is 8.88. The molecular weight excluding hydrogens is 322 g/mol. The van der Waals surface area contributed by atoms with E-state index in [-0.39, 0.29) is 28.7 Å². The molecule has 1 aromatic rings. The molecule has 1 saturated heterocycles. The molecular formula is C19H25NO3S. The molecule has 2 fully saturated rings. The lowest BCUT2D eigenvalue weighted by molar-refractivity contribution is -0.134. The van der Waals surface area contributed by atoms with Gasteiger partial charge in [-0.3, -0.25) is 4.79 Å². The van der Waals surface area contributed by atoms with Gasteiger partial charge in [-0.25, -0.2) is 8.42 Å². The maximum atomic E-state index is 13.0. The molecule has 1 amide bonds. The van der Waals surface area contributed by atoms with Crippen LogP contribution in [0.3, 0.4) is 0 Å². The van der Waals surface area contributed by atoms with Gasteiger partial charge >= 0.3 is 0 Å². The van der Waals surface area contributed by atoms with Crippen LogP contribution in [-0.4, -0.2) is 37.3 Å². The first-order chi connectivity index (χ1) is 11.3. The van der Waals surface area contributed by atoms with Crippen LogP contribution in [0.1, 0.15) is 41.5 Å². The normalized spacial score (nSPS) is 26.9. The lowest BCUT2D eigenvalue weighted by atomic mass is 9.92. The van der Waals surface area contributed by atoms with Gasteiger partial charge in [-0.1, -0.05) is 17.7 Å². The van der Waals surface area contributed by atoms with Crippen LogP contribution >= 0.6 is 0 Å². The predicted molar refractivity (Wildman–Crippen MR) is 93.5 cm³/mol. The highest BCUT2D eigenvalue weighted by Gasteiger charge is 2.60. The summed E-state index contributed by atoms with van der Waals surface area (Å²) < 4.78 is 23.3. The Balaban J connectivity index is 1.47. The van der Waals surface area contributed by atoms with E-state index in [2.05, 4.69) is 26.0 Å². The SMILES string of the molecule is Cc1cc(C)c2c(c1)CCN(C(=O)[C@@H]1CC13CCS(=O)(=O)CC3)C2. The number of fused-ring (bicyclic) bond motifs is 1. The standard InChI is InChI=1S/C19H25NO3S/c1-13-9-14(2)16-12-20(6-3-15(16)10-13)18(21)17-11-19(17)4-7-24(22,23)8-5-19/h9-10,17H,3-8,11-12H2,1-2H3/t17-/m0/s1. The van der Waals surface area contributed by atoms with Gasteiger partial charge < -0.3 is 4.90 Å². The Hall–Kier alpha value is -1.36. The smallest absolute Gasteiger partial charge is 0.226 e. The fourth-order valence-corrected chi connectivity index (χ4v) is 6.30. The molecule has 24 heavy (non-hydrogen) atoms. The largest absolute Gasteiger partial charge is 0.338 e. The van der Waals surface area contributed by atoms with Crippen LogP contribution in [0.2, 0.25) is 0 Å². The summed E-state index contributed by atoms with van der Waals surface area (Å²) >= 11 is 0. The zero-order chi connectivity index (χ0) is 17.1. The predicted octanol–water partition coefficient (Wildman–Crippen LogP) is 2.40. The number of hydrogen-bond donors (Lipinski definition) is 0. The number of rotatable bonds is 1. The average molecular weight is 347 g/mol. The molecule has 4 nitrogen and oxygen atoms in total. The molecule has 2 heterocycles. The van der Waals surface area contributed by atoms with Crippen molar-refractivity contribution in [3.05, 3.63) is 34.4 Å². The second-order valence-electron chi connectivity index (χ2n) is 8.00. The van der Waals surface area contributed by atoms with Crippen molar-refractivity contribution in [2.45, 2.75) is 46.1 Å². The molecule has 130 valence electrons. The van der Waals surface area contributed by atoms with Crippen LogP contribution in [0.5, 0.6) is 0 Å². The Morgan fingerprint density at radius 2 is 1.92 bits per heavy atom. The van der Waals surface area contributed by atoms with Gasteiger partial charge in [0.05, 0.1) is 11.5 Å². The van der Waals surface area contributed by atoms with E-state index in [0.717, 1.165) is 19.4 Å². The molecule has 1 atom stereocenters. The third-order valence-electron chi connectivity index (χ3n) is 6.33. The number of amides is 1. The Morgan fingerprint density at radius 3 is 2.62 bits per heavy atom.